The number of imidazole rings is 1. The van der Waals surface area contributed by atoms with Crippen LogP contribution in [0.5, 0.6) is 0 Å². The molecule has 0 saturated carbocycles. The van der Waals surface area contributed by atoms with E-state index in [0.717, 1.165) is 11.5 Å². The molecule has 0 atom stereocenters. The maximum absolute atomic E-state index is 11.6. The second-order valence-electron chi connectivity index (χ2n) is 3.30. The van der Waals surface area contributed by atoms with Gasteiger partial charge >= 0.3 is 0 Å². The van der Waals surface area contributed by atoms with Crippen molar-refractivity contribution in [3.8, 4) is 0 Å². The third-order valence-electron chi connectivity index (χ3n) is 1.97. The molecule has 2 aromatic rings. The number of aryl methyl sites for hydroxylation is 1. The van der Waals surface area contributed by atoms with Crippen molar-refractivity contribution in [3.63, 3.8) is 0 Å². The highest BCUT2D eigenvalue weighted by Gasteiger charge is 2.08. The van der Waals surface area contributed by atoms with Crippen molar-refractivity contribution >= 4 is 28.8 Å². The number of nitrogens with one attached hydrogen (secondary N) is 2. The summed E-state index contributed by atoms with van der Waals surface area (Å²) in [4.78, 5) is 19.4. The van der Waals surface area contributed by atoms with Crippen molar-refractivity contribution in [1.29, 1.82) is 0 Å². The van der Waals surface area contributed by atoms with E-state index in [9.17, 15) is 4.79 Å². The summed E-state index contributed by atoms with van der Waals surface area (Å²) in [6.45, 7) is 2.31. The van der Waals surface area contributed by atoms with Gasteiger partial charge in [0.1, 0.15) is 5.82 Å². The standard InChI is InChI=1S/C10H10ClN3OS/c1-6-4-12-9(14-6)5-13-10(15)7-2-3-8(11)16-7/h2-4H,5H2,1H3,(H,12,14)(H,13,15). The quantitative estimate of drug-likeness (QED) is 0.885. The minimum atomic E-state index is -0.133. The Hall–Kier alpha value is -1.33. The van der Waals surface area contributed by atoms with Gasteiger partial charge in [0.05, 0.1) is 15.8 Å². The lowest BCUT2D eigenvalue weighted by atomic mass is 10.4. The molecule has 0 aliphatic heterocycles. The third-order valence-corrected chi connectivity index (χ3v) is 3.20. The second kappa shape index (κ2) is 4.67. The van der Waals surface area contributed by atoms with Gasteiger partial charge in [-0.1, -0.05) is 11.6 Å². The minimum Gasteiger partial charge on any atom is -0.345 e. The van der Waals surface area contributed by atoms with E-state index in [1.165, 1.54) is 11.3 Å². The number of carbonyl (C=O) groups is 1. The van der Waals surface area contributed by atoms with Crippen LogP contribution < -0.4 is 5.32 Å². The summed E-state index contributed by atoms with van der Waals surface area (Å²) >= 11 is 7.00. The number of aromatic amines is 1. The van der Waals surface area contributed by atoms with Crippen LogP contribution in [0.1, 0.15) is 21.2 Å². The molecule has 84 valence electrons. The highest BCUT2D eigenvalue weighted by molar-refractivity contribution is 7.17. The molecule has 0 spiro atoms. The normalized spacial score (nSPS) is 10.4. The van der Waals surface area contributed by atoms with E-state index in [1.807, 2.05) is 6.92 Å². The van der Waals surface area contributed by atoms with E-state index in [1.54, 1.807) is 18.3 Å². The lowest BCUT2D eigenvalue weighted by Crippen LogP contribution is -2.22. The fourth-order valence-electron chi connectivity index (χ4n) is 1.24. The van der Waals surface area contributed by atoms with Gasteiger partial charge in [0.2, 0.25) is 0 Å². The smallest absolute Gasteiger partial charge is 0.261 e. The third kappa shape index (κ3) is 2.62. The summed E-state index contributed by atoms with van der Waals surface area (Å²) in [7, 11) is 0. The van der Waals surface area contributed by atoms with Gasteiger partial charge in [-0.3, -0.25) is 4.79 Å². The Bertz CT molecular complexity index is 506. The largest absolute Gasteiger partial charge is 0.345 e. The lowest BCUT2D eigenvalue weighted by molar-refractivity contribution is 0.0954. The molecular formula is C10H10ClN3OS. The number of amides is 1. The zero-order valence-corrected chi connectivity index (χ0v) is 10.2. The maximum atomic E-state index is 11.6. The van der Waals surface area contributed by atoms with Crippen LogP contribution in [0.25, 0.3) is 0 Å². The summed E-state index contributed by atoms with van der Waals surface area (Å²) in [5.74, 6) is 0.611. The fraction of sp³-hybridized carbons (Fsp3) is 0.200. The Morgan fingerprint density at radius 3 is 3.00 bits per heavy atom. The molecule has 0 radical (unpaired) electrons. The number of hydrogen-bond acceptors (Lipinski definition) is 3. The molecule has 6 heteroatoms. The van der Waals surface area contributed by atoms with Gasteiger partial charge in [0.15, 0.2) is 0 Å². The zero-order chi connectivity index (χ0) is 11.5. The Morgan fingerprint density at radius 2 is 2.44 bits per heavy atom. The van der Waals surface area contributed by atoms with E-state index in [-0.39, 0.29) is 5.91 Å². The Kier molecular flexibility index (Phi) is 3.26. The topological polar surface area (TPSA) is 57.8 Å². The molecule has 0 aliphatic carbocycles. The molecule has 0 saturated heterocycles. The molecule has 2 rings (SSSR count). The molecule has 0 unspecified atom stereocenters. The van der Waals surface area contributed by atoms with Gasteiger partial charge in [0.25, 0.3) is 5.91 Å². The predicted octanol–water partition coefficient (Wildman–Crippen LogP) is 2.36. The predicted molar refractivity (Wildman–Crippen MR) is 63.8 cm³/mol. The number of aromatic nitrogens is 2. The van der Waals surface area contributed by atoms with Crippen molar-refractivity contribution in [2.45, 2.75) is 13.5 Å². The first-order chi connectivity index (χ1) is 7.65. The highest BCUT2D eigenvalue weighted by Crippen LogP contribution is 2.21. The Balaban J connectivity index is 1.93. The average molecular weight is 256 g/mol. The molecule has 16 heavy (non-hydrogen) atoms. The number of nitrogens with zero attached hydrogens (tertiary/aromatic N) is 1. The Morgan fingerprint density at radius 1 is 1.62 bits per heavy atom. The van der Waals surface area contributed by atoms with Crippen LogP contribution in [0, 0.1) is 6.92 Å². The molecule has 0 fully saturated rings. The molecule has 2 N–H and O–H groups in total. The van der Waals surface area contributed by atoms with Crippen LogP contribution in [0.3, 0.4) is 0 Å². The summed E-state index contributed by atoms with van der Waals surface area (Å²) in [6.07, 6.45) is 1.73. The summed E-state index contributed by atoms with van der Waals surface area (Å²) in [6, 6.07) is 3.41. The molecule has 0 aliphatic rings. The number of halogens is 1. The first kappa shape index (κ1) is 11.2. The molecule has 4 nitrogen and oxygen atoms in total. The fourth-order valence-corrected chi connectivity index (χ4v) is 2.20. The minimum absolute atomic E-state index is 0.133. The molecule has 0 bridgehead atoms. The molecule has 1 amide bonds. The van der Waals surface area contributed by atoms with Crippen LogP contribution in [0.4, 0.5) is 0 Å². The second-order valence-corrected chi connectivity index (χ2v) is 5.01. The number of thiophene rings is 1. The van der Waals surface area contributed by atoms with Crippen LogP contribution >= 0.6 is 22.9 Å². The summed E-state index contributed by atoms with van der Waals surface area (Å²) in [5, 5.41) is 2.76. The van der Waals surface area contributed by atoms with Crippen molar-refractivity contribution in [2.75, 3.05) is 0 Å². The van der Waals surface area contributed by atoms with E-state index < -0.39 is 0 Å². The number of rotatable bonds is 3. The van der Waals surface area contributed by atoms with E-state index in [2.05, 4.69) is 15.3 Å². The van der Waals surface area contributed by atoms with E-state index >= 15 is 0 Å². The van der Waals surface area contributed by atoms with Gasteiger partial charge in [0, 0.05) is 11.9 Å². The SMILES string of the molecule is Cc1cnc(CNC(=O)c2ccc(Cl)s2)[nH]1. The van der Waals surface area contributed by atoms with Crippen molar-refractivity contribution < 1.29 is 4.79 Å². The highest BCUT2D eigenvalue weighted by atomic mass is 35.5. The lowest BCUT2D eigenvalue weighted by Gasteiger charge is -2.00. The van der Waals surface area contributed by atoms with Crippen LogP contribution in [0.15, 0.2) is 18.3 Å². The van der Waals surface area contributed by atoms with Gasteiger partial charge < -0.3 is 10.3 Å². The summed E-state index contributed by atoms with van der Waals surface area (Å²) < 4.78 is 0.610. The number of hydrogen-bond donors (Lipinski definition) is 2. The monoisotopic (exact) mass is 255 g/mol. The van der Waals surface area contributed by atoms with Crippen molar-refractivity contribution in [1.82, 2.24) is 15.3 Å². The zero-order valence-electron chi connectivity index (χ0n) is 8.58. The van der Waals surface area contributed by atoms with Crippen LogP contribution in [-0.2, 0) is 6.54 Å². The molecular weight excluding hydrogens is 246 g/mol. The molecule has 2 heterocycles. The van der Waals surface area contributed by atoms with Crippen molar-refractivity contribution in [2.24, 2.45) is 0 Å². The average Bonchev–Trinajstić information content (AvgIpc) is 2.84. The summed E-state index contributed by atoms with van der Waals surface area (Å²) in [5.41, 5.74) is 0.975. The van der Waals surface area contributed by atoms with Gasteiger partial charge in [-0.2, -0.15) is 0 Å². The van der Waals surface area contributed by atoms with E-state index in [4.69, 9.17) is 11.6 Å². The Labute approximate surface area is 102 Å². The number of carbonyl (C=O) groups excluding carboxylic acids is 1. The van der Waals surface area contributed by atoms with E-state index in [0.29, 0.717) is 15.8 Å². The molecule has 2 aromatic heterocycles. The number of H-pyrrole nitrogens is 1. The van der Waals surface area contributed by atoms with Gasteiger partial charge in [-0.25, -0.2) is 4.98 Å². The first-order valence-electron chi connectivity index (χ1n) is 4.69. The van der Waals surface area contributed by atoms with Crippen LogP contribution in [0.2, 0.25) is 4.34 Å². The van der Waals surface area contributed by atoms with Crippen LogP contribution in [-0.4, -0.2) is 15.9 Å². The maximum Gasteiger partial charge on any atom is 0.261 e. The first-order valence-corrected chi connectivity index (χ1v) is 5.88. The van der Waals surface area contributed by atoms with Gasteiger partial charge in [-0.05, 0) is 19.1 Å². The van der Waals surface area contributed by atoms with Gasteiger partial charge in [-0.15, -0.1) is 11.3 Å². The molecule has 0 aromatic carbocycles. The van der Waals surface area contributed by atoms with Crippen molar-refractivity contribution in [3.05, 3.63) is 39.1 Å².